The predicted octanol–water partition coefficient (Wildman–Crippen LogP) is -1.15. The Morgan fingerprint density at radius 1 is 1.48 bits per heavy atom. The van der Waals surface area contributed by atoms with Gasteiger partial charge in [-0.2, -0.15) is 24.7 Å². The zero-order chi connectivity index (χ0) is 15.4. The molecule has 0 aliphatic rings. The van der Waals surface area contributed by atoms with Crippen LogP contribution in [-0.4, -0.2) is 56.3 Å². The molecule has 112 valence electrons. The van der Waals surface area contributed by atoms with Gasteiger partial charge in [-0.1, -0.05) is 6.92 Å². The van der Waals surface area contributed by atoms with Gasteiger partial charge in [0.1, 0.15) is 12.7 Å². The van der Waals surface area contributed by atoms with Crippen LogP contribution in [-0.2, 0) is 4.79 Å². The quantitative estimate of drug-likeness (QED) is 0.707. The third-order valence-electron chi connectivity index (χ3n) is 2.84. The van der Waals surface area contributed by atoms with Crippen LogP contribution in [0.1, 0.15) is 6.92 Å². The van der Waals surface area contributed by atoms with Gasteiger partial charge in [-0.3, -0.25) is 4.79 Å². The number of nitrogens with two attached hydrogens (primary N) is 1. The summed E-state index contributed by atoms with van der Waals surface area (Å²) >= 11 is 0. The summed E-state index contributed by atoms with van der Waals surface area (Å²) < 4.78 is 1.39. The van der Waals surface area contributed by atoms with E-state index in [-0.39, 0.29) is 23.7 Å². The fraction of sp³-hybridized carbons (Fsp3) is 0.455. The highest BCUT2D eigenvalue weighted by atomic mass is 16.1. The van der Waals surface area contributed by atoms with E-state index >= 15 is 0 Å². The summed E-state index contributed by atoms with van der Waals surface area (Å²) in [6.45, 7) is 2.26. The van der Waals surface area contributed by atoms with Gasteiger partial charge in [-0.25, -0.2) is 4.98 Å². The lowest BCUT2D eigenvalue weighted by molar-refractivity contribution is -0.123. The predicted molar refractivity (Wildman–Crippen MR) is 75.7 cm³/mol. The normalized spacial score (nSPS) is 12.0. The summed E-state index contributed by atoms with van der Waals surface area (Å²) in [5.74, 6) is 0.441. The molecule has 0 aromatic carbocycles. The number of hydrogen-bond acceptors (Lipinski definition) is 8. The van der Waals surface area contributed by atoms with Gasteiger partial charge in [0.15, 0.2) is 0 Å². The standard InChI is InChI=1S/C11H17N9O/c1-7(8(21)13-2)4-19(3)10-16-9(12)17-11(18-10)20-6-14-5-15-20/h5-7H,4H2,1-3H3,(H,13,21)(H2,12,16,17,18). The SMILES string of the molecule is CNC(=O)C(C)CN(C)c1nc(N)nc(-n2cncn2)n1. The fourth-order valence-corrected chi connectivity index (χ4v) is 1.78. The van der Waals surface area contributed by atoms with Gasteiger partial charge in [0.05, 0.1) is 5.92 Å². The zero-order valence-corrected chi connectivity index (χ0v) is 12.1. The second kappa shape index (κ2) is 6.11. The van der Waals surface area contributed by atoms with Crippen molar-refractivity contribution in [3.8, 4) is 5.95 Å². The molecule has 1 unspecified atom stereocenters. The van der Waals surface area contributed by atoms with Crippen LogP contribution in [0.3, 0.4) is 0 Å². The van der Waals surface area contributed by atoms with E-state index in [1.54, 1.807) is 19.0 Å². The average Bonchev–Trinajstić information content (AvgIpc) is 2.99. The molecular formula is C11H17N9O. The topological polar surface area (TPSA) is 128 Å². The van der Waals surface area contributed by atoms with Crippen molar-refractivity contribution in [2.75, 3.05) is 31.3 Å². The van der Waals surface area contributed by atoms with E-state index in [0.717, 1.165) is 0 Å². The van der Waals surface area contributed by atoms with E-state index in [4.69, 9.17) is 5.73 Å². The zero-order valence-electron chi connectivity index (χ0n) is 12.1. The number of rotatable bonds is 5. The first-order valence-corrected chi connectivity index (χ1v) is 6.30. The Morgan fingerprint density at radius 2 is 2.24 bits per heavy atom. The molecule has 0 saturated carbocycles. The van der Waals surface area contributed by atoms with Crippen molar-refractivity contribution in [2.24, 2.45) is 5.92 Å². The molecule has 2 aromatic rings. The number of nitrogens with one attached hydrogen (secondary N) is 1. The molecule has 0 radical (unpaired) electrons. The van der Waals surface area contributed by atoms with Crippen LogP contribution in [0.15, 0.2) is 12.7 Å². The van der Waals surface area contributed by atoms with Crippen LogP contribution in [0.4, 0.5) is 11.9 Å². The molecule has 2 heterocycles. The summed E-state index contributed by atoms with van der Waals surface area (Å²) in [5.41, 5.74) is 5.69. The van der Waals surface area contributed by atoms with Gasteiger partial charge in [0.25, 0.3) is 5.95 Å². The highest BCUT2D eigenvalue weighted by Gasteiger charge is 2.17. The molecule has 0 spiro atoms. The smallest absolute Gasteiger partial charge is 0.258 e. The van der Waals surface area contributed by atoms with Crippen molar-refractivity contribution >= 4 is 17.8 Å². The van der Waals surface area contributed by atoms with Crippen molar-refractivity contribution < 1.29 is 4.79 Å². The Labute approximate surface area is 121 Å². The molecule has 2 rings (SSSR count). The molecule has 1 atom stereocenters. The summed E-state index contributed by atoms with van der Waals surface area (Å²) in [5, 5.41) is 6.55. The summed E-state index contributed by atoms with van der Waals surface area (Å²) in [7, 11) is 3.38. The molecule has 10 nitrogen and oxygen atoms in total. The Morgan fingerprint density at radius 3 is 2.86 bits per heavy atom. The molecule has 2 aromatic heterocycles. The minimum Gasteiger partial charge on any atom is -0.368 e. The van der Waals surface area contributed by atoms with E-state index in [0.29, 0.717) is 12.5 Å². The minimum absolute atomic E-state index is 0.0552. The van der Waals surface area contributed by atoms with Crippen molar-refractivity contribution in [3.63, 3.8) is 0 Å². The molecule has 0 fully saturated rings. The first-order valence-electron chi connectivity index (χ1n) is 6.30. The number of nitrogen functional groups attached to an aromatic ring is 1. The molecule has 21 heavy (non-hydrogen) atoms. The van der Waals surface area contributed by atoms with Crippen molar-refractivity contribution in [2.45, 2.75) is 6.92 Å². The first kappa shape index (κ1) is 14.6. The molecular weight excluding hydrogens is 274 g/mol. The van der Waals surface area contributed by atoms with Crippen LogP contribution < -0.4 is 16.0 Å². The van der Waals surface area contributed by atoms with Gasteiger partial charge in [0.2, 0.25) is 17.8 Å². The van der Waals surface area contributed by atoms with Gasteiger partial charge in [-0.05, 0) is 0 Å². The van der Waals surface area contributed by atoms with Crippen LogP contribution in [0, 0.1) is 5.92 Å². The Balaban J connectivity index is 2.21. The minimum atomic E-state index is -0.215. The van der Waals surface area contributed by atoms with E-state index in [1.807, 2.05) is 6.92 Å². The van der Waals surface area contributed by atoms with E-state index in [2.05, 4.69) is 30.4 Å². The fourth-order valence-electron chi connectivity index (χ4n) is 1.78. The maximum Gasteiger partial charge on any atom is 0.258 e. The monoisotopic (exact) mass is 291 g/mol. The highest BCUT2D eigenvalue weighted by molar-refractivity contribution is 5.78. The second-order valence-electron chi connectivity index (χ2n) is 4.53. The van der Waals surface area contributed by atoms with E-state index in [1.165, 1.54) is 17.3 Å². The molecule has 3 N–H and O–H groups in total. The molecule has 1 amide bonds. The van der Waals surface area contributed by atoms with Crippen LogP contribution in [0.25, 0.3) is 5.95 Å². The number of amides is 1. The van der Waals surface area contributed by atoms with Gasteiger partial charge >= 0.3 is 0 Å². The number of aromatic nitrogens is 6. The summed E-state index contributed by atoms with van der Waals surface area (Å²) in [6.07, 6.45) is 2.84. The Hall–Kier alpha value is -2.78. The third kappa shape index (κ3) is 3.41. The van der Waals surface area contributed by atoms with Crippen molar-refractivity contribution in [3.05, 3.63) is 12.7 Å². The Bertz CT molecular complexity index is 612. The summed E-state index contributed by atoms with van der Waals surface area (Å²) in [6, 6.07) is 0. The molecule has 0 bridgehead atoms. The second-order valence-corrected chi connectivity index (χ2v) is 4.53. The lowest BCUT2D eigenvalue weighted by Gasteiger charge is -2.20. The average molecular weight is 291 g/mol. The highest BCUT2D eigenvalue weighted by Crippen LogP contribution is 2.11. The maximum absolute atomic E-state index is 11.6. The van der Waals surface area contributed by atoms with Gasteiger partial charge in [-0.15, -0.1) is 0 Å². The third-order valence-corrected chi connectivity index (χ3v) is 2.84. The number of hydrogen-bond donors (Lipinski definition) is 2. The molecule has 0 aliphatic carbocycles. The van der Waals surface area contributed by atoms with E-state index in [9.17, 15) is 4.79 Å². The van der Waals surface area contributed by atoms with Crippen LogP contribution in [0.5, 0.6) is 0 Å². The van der Waals surface area contributed by atoms with Crippen LogP contribution in [0.2, 0.25) is 0 Å². The Kier molecular flexibility index (Phi) is 4.26. The van der Waals surface area contributed by atoms with Crippen LogP contribution >= 0.6 is 0 Å². The molecule has 0 saturated heterocycles. The van der Waals surface area contributed by atoms with Gasteiger partial charge in [0, 0.05) is 20.6 Å². The number of nitrogens with zero attached hydrogens (tertiary/aromatic N) is 7. The number of anilines is 2. The lowest BCUT2D eigenvalue weighted by atomic mass is 10.1. The lowest BCUT2D eigenvalue weighted by Crippen LogP contribution is -2.35. The molecule has 0 aliphatic heterocycles. The van der Waals surface area contributed by atoms with Gasteiger partial charge < -0.3 is 16.0 Å². The maximum atomic E-state index is 11.6. The molecule has 10 heteroatoms. The largest absolute Gasteiger partial charge is 0.368 e. The van der Waals surface area contributed by atoms with E-state index < -0.39 is 0 Å². The first-order chi connectivity index (χ1) is 10.0. The number of carbonyl (C=O) groups is 1. The number of carbonyl (C=O) groups excluding carboxylic acids is 1. The van der Waals surface area contributed by atoms with Crippen molar-refractivity contribution in [1.29, 1.82) is 0 Å². The van der Waals surface area contributed by atoms with Crippen molar-refractivity contribution in [1.82, 2.24) is 35.0 Å². The summed E-state index contributed by atoms with van der Waals surface area (Å²) in [4.78, 5) is 29.5.